The second kappa shape index (κ2) is 10.7. The monoisotopic (exact) mass is 440 g/mol. The fourth-order valence-corrected chi connectivity index (χ4v) is 4.54. The number of aliphatic hydroxyl groups is 1. The lowest BCUT2D eigenvalue weighted by molar-refractivity contribution is 0.174. The Hall–Kier alpha value is -1.94. The molecule has 29 heavy (non-hydrogen) atoms. The molecule has 0 fully saturated rings. The van der Waals surface area contributed by atoms with Crippen LogP contribution >= 0.6 is 0 Å². The Morgan fingerprint density at radius 1 is 1.14 bits per heavy atom. The predicted octanol–water partition coefficient (Wildman–Crippen LogP) is 2.00. The van der Waals surface area contributed by atoms with Crippen molar-refractivity contribution in [3.63, 3.8) is 0 Å². The van der Waals surface area contributed by atoms with E-state index in [0.29, 0.717) is 42.2 Å². The highest BCUT2D eigenvalue weighted by molar-refractivity contribution is 7.92. The molecule has 0 aromatic heterocycles. The van der Waals surface area contributed by atoms with Gasteiger partial charge in [0.2, 0.25) is 10.0 Å². The van der Waals surface area contributed by atoms with Gasteiger partial charge in [0.05, 0.1) is 33.7 Å². The zero-order chi connectivity index (χ0) is 21.4. The third-order valence-corrected chi connectivity index (χ3v) is 6.57. The molecule has 0 aliphatic rings. The maximum atomic E-state index is 12.0. The first kappa shape index (κ1) is 23.3. The van der Waals surface area contributed by atoms with E-state index < -0.39 is 26.9 Å². The number of nitrogens with one attached hydrogen (secondary N) is 1. The van der Waals surface area contributed by atoms with Gasteiger partial charge in [-0.15, -0.1) is 0 Å². The Bertz CT molecular complexity index is 920. The molecule has 160 valence electrons. The fraction of sp³-hybridized carbons (Fsp3) is 0.400. The first-order valence-electron chi connectivity index (χ1n) is 9.28. The van der Waals surface area contributed by atoms with E-state index in [2.05, 4.69) is 5.32 Å². The summed E-state index contributed by atoms with van der Waals surface area (Å²) in [7, 11) is -4.69. The summed E-state index contributed by atoms with van der Waals surface area (Å²) in [5, 5.41) is 23.1. The second-order valence-electron chi connectivity index (χ2n) is 6.78. The predicted molar refractivity (Wildman–Crippen MR) is 116 cm³/mol. The van der Waals surface area contributed by atoms with Crippen molar-refractivity contribution >= 4 is 26.5 Å². The van der Waals surface area contributed by atoms with Gasteiger partial charge < -0.3 is 15.5 Å². The highest BCUT2D eigenvalue weighted by Gasteiger charge is 2.16. The molecule has 2 aromatic rings. The van der Waals surface area contributed by atoms with Crippen molar-refractivity contribution < 1.29 is 22.8 Å². The lowest BCUT2D eigenvalue weighted by Crippen LogP contribution is -2.31. The molecular formula is C20H28N2O5S2. The minimum atomic E-state index is -3.35. The normalized spacial score (nSPS) is 13.8. The Balaban J connectivity index is 1.79. The van der Waals surface area contributed by atoms with Crippen molar-refractivity contribution in [2.75, 3.05) is 36.5 Å². The number of sulfonamides is 1. The lowest BCUT2D eigenvalue weighted by atomic mass is 10.1. The minimum absolute atomic E-state index is 0.0522. The second-order valence-corrected chi connectivity index (χ2v) is 10.0. The van der Waals surface area contributed by atoms with Crippen LogP contribution in [0, 0.1) is 0 Å². The number of unbranched alkanes of at least 4 members (excludes halogenated alkanes) is 1. The number of para-hydroxylation sites is 1. The number of phenols is 1. The van der Waals surface area contributed by atoms with Crippen LogP contribution in [0.4, 0.5) is 5.69 Å². The van der Waals surface area contributed by atoms with Gasteiger partial charge in [-0.2, -0.15) is 0 Å². The molecule has 9 heteroatoms. The van der Waals surface area contributed by atoms with Crippen LogP contribution in [0.3, 0.4) is 0 Å². The quantitative estimate of drug-likeness (QED) is 0.462. The van der Waals surface area contributed by atoms with E-state index in [4.69, 9.17) is 0 Å². The standard InChI is InChI=1S/C20H28N2O5S2/c1-28(25)20-14-16(10-11-18(20)23)19(24)15-21-12-6-7-13-22(29(2,26)27)17-8-4-3-5-9-17/h3-5,8-11,14,19,21,23-24H,6-7,12-13,15H2,1-2H3. The van der Waals surface area contributed by atoms with Crippen molar-refractivity contribution in [2.45, 2.75) is 23.8 Å². The zero-order valence-electron chi connectivity index (χ0n) is 16.6. The van der Waals surface area contributed by atoms with E-state index in [-0.39, 0.29) is 5.75 Å². The SMILES string of the molecule is CS(=O)c1cc(C(O)CNCCCCN(c2ccccc2)S(C)(=O)=O)ccc1O. The van der Waals surface area contributed by atoms with Gasteiger partial charge in [-0.25, -0.2) is 8.42 Å². The minimum Gasteiger partial charge on any atom is -0.507 e. The van der Waals surface area contributed by atoms with Crippen molar-refractivity contribution in [3.05, 3.63) is 54.1 Å². The summed E-state index contributed by atoms with van der Waals surface area (Å²) in [6.45, 7) is 1.31. The number of benzene rings is 2. The molecular weight excluding hydrogens is 412 g/mol. The highest BCUT2D eigenvalue weighted by atomic mass is 32.2. The summed E-state index contributed by atoms with van der Waals surface area (Å²) >= 11 is 0. The van der Waals surface area contributed by atoms with Crippen LogP contribution in [0.25, 0.3) is 0 Å². The Morgan fingerprint density at radius 2 is 1.83 bits per heavy atom. The third-order valence-electron chi connectivity index (χ3n) is 4.43. The number of aromatic hydroxyl groups is 1. The van der Waals surface area contributed by atoms with Crippen LogP contribution in [0.1, 0.15) is 24.5 Å². The number of phenolic OH excluding ortho intramolecular Hbond substituents is 1. The smallest absolute Gasteiger partial charge is 0.232 e. The molecule has 0 aliphatic carbocycles. The number of hydrogen-bond acceptors (Lipinski definition) is 6. The summed E-state index contributed by atoms with van der Waals surface area (Å²) < 4.78 is 37.1. The molecule has 0 saturated heterocycles. The van der Waals surface area contributed by atoms with Gasteiger partial charge in [0.1, 0.15) is 5.75 Å². The van der Waals surface area contributed by atoms with E-state index in [0.717, 1.165) is 6.42 Å². The lowest BCUT2D eigenvalue weighted by Gasteiger charge is -2.22. The molecule has 3 N–H and O–H groups in total. The zero-order valence-corrected chi connectivity index (χ0v) is 18.2. The first-order chi connectivity index (χ1) is 13.7. The van der Waals surface area contributed by atoms with Crippen molar-refractivity contribution in [2.24, 2.45) is 0 Å². The maximum Gasteiger partial charge on any atom is 0.232 e. The molecule has 2 aromatic carbocycles. The molecule has 0 spiro atoms. The number of rotatable bonds is 11. The van der Waals surface area contributed by atoms with Gasteiger partial charge in [0, 0.05) is 19.3 Å². The maximum absolute atomic E-state index is 12.0. The number of aliphatic hydroxyl groups excluding tert-OH is 1. The average molecular weight is 441 g/mol. The van der Waals surface area contributed by atoms with E-state index >= 15 is 0 Å². The number of hydrogen-bond donors (Lipinski definition) is 3. The molecule has 0 radical (unpaired) electrons. The van der Waals surface area contributed by atoms with Crippen LogP contribution in [-0.2, 0) is 20.8 Å². The average Bonchev–Trinajstić information content (AvgIpc) is 2.67. The van der Waals surface area contributed by atoms with Gasteiger partial charge in [-0.1, -0.05) is 24.3 Å². The Kier molecular flexibility index (Phi) is 8.63. The number of nitrogens with zero attached hydrogens (tertiary/aromatic N) is 1. The van der Waals surface area contributed by atoms with Gasteiger partial charge in [0.15, 0.2) is 0 Å². The van der Waals surface area contributed by atoms with Crippen LogP contribution in [0.5, 0.6) is 5.75 Å². The highest BCUT2D eigenvalue weighted by Crippen LogP contribution is 2.24. The summed E-state index contributed by atoms with van der Waals surface area (Å²) in [5.74, 6) is -0.0522. The molecule has 2 unspecified atom stereocenters. The van der Waals surface area contributed by atoms with Gasteiger partial charge in [-0.05, 0) is 49.2 Å². The molecule has 0 aliphatic heterocycles. The first-order valence-corrected chi connectivity index (χ1v) is 12.7. The van der Waals surface area contributed by atoms with Crippen LogP contribution in [-0.4, -0.2) is 55.0 Å². The van der Waals surface area contributed by atoms with Crippen LogP contribution < -0.4 is 9.62 Å². The van der Waals surface area contributed by atoms with Crippen molar-refractivity contribution in [3.8, 4) is 5.75 Å². The topological polar surface area (TPSA) is 107 Å². The van der Waals surface area contributed by atoms with E-state index in [1.807, 2.05) is 6.07 Å². The van der Waals surface area contributed by atoms with Crippen LogP contribution in [0.2, 0.25) is 0 Å². The van der Waals surface area contributed by atoms with Gasteiger partial charge in [0.25, 0.3) is 0 Å². The Labute approximate surface area is 174 Å². The van der Waals surface area contributed by atoms with E-state index in [1.165, 1.54) is 22.9 Å². The van der Waals surface area contributed by atoms with Gasteiger partial charge in [-0.3, -0.25) is 8.51 Å². The number of anilines is 1. The summed E-state index contributed by atoms with van der Waals surface area (Å²) in [6.07, 6.45) is 3.28. The third kappa shape index (κ3) is 7.11. The molecule has 2 rings (SSSR count). The van der Waals surface area contributed by atoms with Crippen LogP contribution in [0.15, 0.2) is 53.4 Å². The van der Waals surface area contributed by atoms with Crippen molar-refractivity contribution in [1.82, 2.24) is 5.32 Å². The molecule has 0 heterocycles. The van der Waals surface area contributed by atoms with E-state index in [1.54, 1.807) is 36.4 Å². The fourth-order valence-electron chi connectivity index (χ4n) is 2.91. The Morgan fingerprint density at radius 3 is 2.45 bits per heavy atom. The summed E-state index contributed by atoms with van der Waals surface area (Å²) in [5.41, 5.74) is 1.22. The largest absolute Gasteiger partial charge is 0.507 e. The molecule has 2 atom stereocenters. The molecule has 7 nitrogen and oxygen atoms in total. The molecule has 0 saturated carbocycles. The molecule has 0 amide bonds. The molecule has 0 bridgehead atoms. The van der Waals surface area contributed by atoms with Gasteiger partial charge >= 0.3 is 0 Å². The van der Waals surface area contributed by atoms with E-state index in [9.17, 15) is 22.8 Å². The summed E-state index contributed by atoms with van der Waals surface area (Å²) in [6, 6.07) is 13.6. The summed E-state index contributed by atoms with van der Waals surface area (Å²) in [4.78, 5) is 0.295. The van der Waals surface area contributed by atoms with Crippen molar-refractivity contribution in [1.29, 1.82) is 0 Å².